The summed E-state index contributed by atoms with van der Waals surface area (Å²) in [7, 11) is 0. The van der Waals surface area contributed by atoms with E-state index >= 15 is 0 Å². The molecule has 1 aliphatic carbocycles. The molecule has 1 fully saturated rings. The lowest BCUT2D eigenvalue weighted by atomic mass is 10.1. The van der Waals surface area contributed by atoms with Gasteiger partial charge in [-0.2, -0.15) is 0 Å². The minimum absolute atomic E-state index is 0.0236. The summed E-state index contributed by atoms with van der Waals surface area (Å²) in [6.07, 6.45) is 5.41. The van der Waals surface area contributed by atoms with Crippen LogP contribution in [-0.4, -0.2) is 36.1 Å². The van der Waals surface area contributed by atoms with Gasteiger partial charge in [-0.25, -0.2) is 0 Å². The zero-order valence-corrected chi connectivity index (χ0v) is 15.6. The molecule has 25 heavy (non-hydrogen) atoms. The quantitative estimate of drug-likeness (QED) is 0.436. The average molecular weight is 363 g/mol. The van der Waals surface area contributed by atoms with Crippen molar-refractivity contribution in [1.29, 1.82) is 0 Å². The third kappa shape index (κ3) is 6.20. The molecule has 1 amide bonds. The highest BCUT2D eigenvalue weighted by molar-refractivity contribution is 7.98. The summed E-state index contributed by atoms with van der Waals surface area (Å²) in [6, 6.07) is 7.48. The highest BCUT2D eigenvalue weighted by Crippen LogP contribution is 2.18. The fourth-order valence-electron chi connectivity index (χ4n) is 2.84. The zero-order chi connectivity index (χ0) is 18.2. The van der Waals surface area contributed by atoms with Crippen molar-refractivity contribution in [2.75, 3.05) is 6.26 Å². The molecule has 0 bridgehead atoms. The van der Waals surface area contributed by atoms with Crippen molar-refractivity contribution in [2.24, 2.45) is 0 Å². The highest BCUT2D eigenvalue weighted by Gasteiger charge is 2.23. The van der Waals surface area contributed by atoms with E-state index < -0.39 is 12.1 Å². The van der Waals surface area contributed by atoms with Gasteiger partial charge >= 0.3 is 5.97 Å². The molecule has 0 aromatic heterocycles. The summed E-state index contributed by atoms with van der Waals surface area (Å²) in [5, 5.41) is 2.90. The fraction of sp³-hybridized carbons (Fsp3) is 0.526. The Hall–Kier alpha value is -1.82. The first-order valence-electron chi connectivity index (χ1n) is 8.66. The van der Waals surface area contributed by atoms with E-state index in [0.717, 1.165) is 30.6 Å². The molecule has 1 aromatic rings. The molecule has 1 aromatic carbocycles. The highest BCUT2D eigenvalue weighted by atomic mass is 32.2. The lowest BCUT2D eigenvalue weighted by Gasteiger charge is -2.17. The largest absolute Gasteiger partial charge is 0.453 e. The number of nitrogens with one attached hydrogen (secondary N) is 1. The van der Waals surface area contributed by atoms with Gasteiger partial charge in [-0.15, -0.1) is 11.8 Å². The van der Waals surface area contributed by atoms with Gasteiger partial charge in [-0.05, 0) is 38.2 Å². The normalized spacial score (nSPS) is 15.6. The number of Topliss-reactive ketones (excluding diaryl/α,β-unsaturated/α-hetero) is 1. The summed E-state index contributed by atoms with van der Waals surface area (Å²) >= 11 is 1.60. The third-order valence-corrected chi connectivity index (χ3v) is 5.09. The number of thioether (sulfide) groups is 1. The van der Waals surface area contributed by atoms with Gasteiger partial charge in [0.25, 0.3) is 5.91 Å². The Labute approximate surface area is 152 Å². The molecule has 0 heterocycles. The number of benzene rings is 1. The number of hydrogen-bond acceptors (Lipinski definition) is 5. The average Bonchev–Trinajstić information content (AvgIpc) is 3.12. The van der Waals surface area contributed by atoms with Crippen LogP contribution in [0.4, 0.5) is 0 Å². The van der Waals surface area contributed by atoms with Crippen LogP contribution in [0.2, 0.25) is 0 Å². The van der Waals surface area contributed by atoms with Crippen LogP contribution in [0.25, 0.3) is 0 Å². The topological polar surface area (TPSA) is 72.5 Å². The van der Waals surface area contributed by atoms with Gasteiger partial charge in [-0.3, -0.25) is 14.4 Å². The van der Waals surface area contributed by atoms with E-state index in [1.54, 1.807) is 30.8 Å². The maximum atomic E-state index is 12.1. The van der Waals surface area contributed by atoms with E-state index in [2.05, 4.69) is 5.32 Å². The molecule has 0 spiro atoms. The second-order valence-corrected chi connectivity index (χ2v) is 7.15. The van der Waals surface area contributed by atoms with Gasteiger partial charge in [0.2, 0.25) is 0 Å². The van der Waals surface area contributed by atoms with E-state index in [4.69, 9.17) is 4.74 Å². The van der Waals surface area contributed by atoms with Gasteiger partial charge in [0.1, 0.15) is 0 Å². The summed E-state index contributed by atoms with van der Waals surface area (Å²) in [6.45, 7) is 1.56. The second kappa shape index (κ2) is 9.61. The molecule has 0 aliphatic heterocycles. The summed E-state index contributed by atoms with van der Waals surface area (Å²) in [5.41, 5.74) is 0.581. The summed E-state index contributed by atoms with van der Waals surface area (Å²) < 4.78 is 5.14. The van der Waals surface area contributed by atoms with Crippen LogP contribution in [0.3, 0.4) is 0 Å². The third-order valence-electron chi connectivity index (χ3n) is 4.35. The Balaban J connectivity index is 1.73. The molecule has 1 saturated carbocycles. The molecule has 6 heteroatoms. The molecule has 1 atom stereocenters. The van der Waals surface area contributed by atoms with Crippen LogP contribution in [0.5, 0.6) is 0 Å². The molecule has 1 N–H and O–H groups in total. The minimum Gasteiger partial charge on any atom is -0.453 e. The smallest absolute Gasteiger partial charge is 0.307 e. The number of amides is 1. The molecule has 0 radical (unpaired) electrons. The first kappa shape index (κ1) is 19.5. The van der Waals surface area contributed by atoms with Gasteiger partial charge in [0.15, 0.2) is 11.9 Å². The maximum Gasteiger partial charge on any atom is 0.307 e. The molecular weight excluding hydrogens is 338 g/mol. The molecule has 0 unspecified atom stereocenters. The van der Waals surface area contributed by atoms with Crippen molar-refractivity contribution in [3.8, 4) is 0 Å². The fourth-order valence-corrected chi connectivity index (χ4v) is 3.24. The molecule has 0 saturated heterocycles. The number of carbonyl (C=O) groups excluding carboxylic acids is 3. The van der Waals surface area contributed by atoms with Crippen LogP contribution in [0.15, 0.2) is 29.2 Å². The Kier molecular flexibility index (Phi) is 7.50. The van der Waals surface area contributed by atoms with Crippen LogP contribution < -0.4 is 5.32 Å². The molecule has 1 aliphatic rings. The standard InChI is InChI=1S/C19H25NO4S/c1-13(19(23)20-15-5-3-4-6-15)24-18(22)12-11-17(21)14-7-9-16(25-2)10-8-14/h7-10,13,15H,3-6,11-12H2,1-2H3,(H,20,23)/t13-/m1/s1. The Morgan fingerprint density at radius 1 is 1.16 bits per heavy atom. The van der Waals surface area contributed by atoms with E-state index in [-0.39, 0.29) is 30.6 Å². The number of ether oxygens (including phenoxy) is 1. The van der Waals surface area contributed by atoms with Gasteiger partial charge in [0, 0.05) is 22.9 Å². The van der Waals surface area contributed by atoms with Crippen LogP contribution in [0.1, 0.15) is 55.8 Å². The Morgan fingerprint density at radius 2 is 1.80 bits per heavy atom. The van der Waals surface area contributed by atoms with Crippen molar-refractivity contribution in [3.05, 3.63) is 29.8 Å². The Morgan fingerprint density at radius 3 is 2.40 bits per heavy atom. The maximum absolute atomic E-state index is 12.1. The van der Waals surface area contributed by atoms with Gasteiger partial charge in [0.05, 0.1) is 6.42 Å². The number of esters is 1. The van der Waals surface area contributed by atoms with Gasteiger partial charge in [-0.1, -0.05) is 25.0 Å². The van der Waals surface area contributed by atoms with E-state index in [0.29, 0.717) is 5.56 Å². The van der Waals surface area contributed by atoms with Crippen molar-refractivity contribution in [3.63, 3.8) is 0 Å². The minimum atomic E-state index is -0.830. The van der Waals surface area contributed by atoms with Crippen LogP contribution in [0, 0.1) is 0 Å². The number of carbonyl (C=O) groups is 3. The Bertz CT molecular complexity index is 608. The molecule has 136 valence electrons. The summed E-state index contributed by atoms with van der Waals surface area (Å²) in [4.78, 5) is 37.1. The number of ketones is 1. The lowest BCUT2D eigenvalue weighted by molar-refractivity contribution is -0.155. The second-order valence-electron chi connectivity index (χ2n) is 6.27. The first-order valence-corrected chi connectivity index (χ1v) is 9.89. The van der Waals surface area contributed by atoms with Crippen LogP contribution in [-0.2, 0) is 14.3 Å². The van der Waals surface area contributed by atoms with E-state index in [1.807, 2.05) is 18.4 Å². The zero-order valence-electron chi connectivity index (χ0n) is 14.7. The summed E-state index contributed by atoms with van der Waals surface area (Å²) in [5.74, 6) is -0.893. The number of hydrogen-bond donors (Lipinski definition) is 1. The van der Waals surface area contributed by atoms with Crippen molar-refractivity contribution < 1.29 is 19.1 Å². The van der Waals surface area contributed by atoms with E-state index in [9.17, 15) is 14.4 Å². The van der Waals surface area contributed by atoms with E-state index in [1.165, 1.54) is 0 Å². The molecule has 2 rings (SSSR count). The van der Waals surface area contributed by atoms with Gasteiger partial charge < -0.3 is 10.1 Å². The molecule has 5 nitrogen and oxygen atoms in total. The van der Waals surface area contributed by atoms with Crippen molar-refractivity contribution in [1.82, 2.24) is 5.32 Å². The van der Waals surface area contributed by atoms with Crippen LogP contribution >= 0.6 is 11.8 Å². The SMILES string of the molecule is CSc1ccc(C(=O)CCC(=O)O[C@H](C)C(=O)NC2CCCC2)cc1. The lowest BCUT2D eigenvalue weighted by Crippen LogP contribution is -2.40. The van der Waals surface area contributed by atoms with Crippen molar-refractivity contribution in [2.45, 2.75) is 62.5 Å². The molecular formula is C19H25NO4S. The van der Waals surface area contributed by atoms with Crippen molar-refractivity contribution >= 4 is 29.4 Å². The predicted octanol–water partition coefficient (Wildman–Crippen LogP) is 3.36. The first-order chi connectivity index (χ1) is 12.0. The number of rotatable bonds is 8. The monoisotopic (exact) mass is 363 g/mol. The predicted molar refractivity (Wildman–Crippen MR) is 97.7 cm³/mol.